The average molecular weight is 647 g/mol. The van der Waals surface area contributed by atoms with Gasteiger partial charge in [-0.2, -0.15) is 0 Å². The fraction of sp³-hybridized carbons (Fsp3) is 0.381. The highest BCUT2D eigenvalue weighted by atomic mass is 16.6. The second-order valence-electron chi connectivity index (χ2n) is 15.6. The highest BCUT2D eigenvalue weighted by Crippen LogP contribution is 2.46. The minimum absolute atomic E-state index is 0.0391. The highest BCUT2D eigenvalue weighted by Gasteiger charge is 2.42. The van der Waals surface area contributed by atoms with E-state index in [0.29, 0.717) is 24.5 Å². The van der Waals surface area contributed by atoms with Gasteiger partial charge in [-0.05, 0) is 76.6 Å². The Balaban J connectivity index is 1.14. The predicted molar refractivity (Wildman–Crippen MR) is 193 cm³/mol. The quantitative estimate of drug-likeness (QED) is 0.190. The maximum atomic E-state index is 13.0. The summed E-state index contributed by atoms with van der Waals surface area (Å²) in [4.78, 5) is 25.9. The summed E-state index contributed by atoms with van der Waals surface area (Å²) in [6, 6.07) is 36.1. The van der Waals surface area contributed by atoms with Crippen LogP contribution >= 0.6 is 0 Å². The van der Waals surface area contributed by atoms with Crippen LogP contribution in [0.3, 0.4) is 0 Å². The van der Waals surface area contributed by atoms with Gasteiger partial charge in [0.25, 0.3) is 0 Å². The lowest BCUT2D eigenvalue weighted by Crippen LogP contribution is -2.51. The number of nitrogens with one attached hydrogen (secondary N) is 2. The number of ether oxygens (including phenoxy) is 2. The summed E-state index contributed by atoms with van der Waals surface area (Å²) < 4.78 is 11.4. The molecule has 4 aromatic carbocycles. The van der Waals surface area contributed by atoms with Gasteiger partial charge in [0, 0.05) is 23.4 Å². The molecule has 252 valence electrons. The third kappa shape index (κ3) is 8.46. The molecule has 0 spiro atoms. The van der Waals surface area contributed by atoms with Crippen molar-refractivity contribution in [3.8, 4) is 11.5 Å². The first-order chi connectivity index (χ1) is 22.7. The molecule has 6 nitrogen and oxygen atoms in total. The molecule has 6 heteroatoms. The van der Waals surface area contributed by atoms with Crippen molar-refractivity contribution in [3.63, 3.8) is 0 Å². The standard InChI is InChI=1S/C42H50N2O4/c1-39(2)26-34(44-38(46)48-36-24-20-33(21-25-36)41(5,6)31-16-12-9-13-17-31)27-42(7,28-39)29-43-37(45)47-35-22-18-32(19-23-35)40(3,4)30-14-10-8-11-15-30/h8-25,34H,26-29H2,1-7H3,(H,43,45)(H,44,46). The number of benzene rings is 4. The minimum Gasteiger partial charge on any atom is -0.410 e. The maximum absolute atomic E-state index is 13.0. The van der Waals surface area contributed by atoms with Gasteiger partial charge in [0.15, 0.2) is 0 Å². The first kappa shape index (κ1) is 34.7. The lowest BCUT2D eigenvalue weighted by Gasteiger charge is -2.46. The number of hydrogen-bond acceptors (Lipinski definition) is 4. The summed E-state index contributed by atoms with van der Waals surface area (Å²) in [5.41, 5.74) is 4.09. The van der Waals surface area contributed by atoms with Crippen LogP contribution in [-0.4, -0.2) is 24.8 Å². The van der Waals surface area contributed by atoms with Crippen molar-refractivity contribution in [2.24, 2.45) is 10.8 Å². The van der Waals surface area contributed by atoms with E-state index in [4.69, 9.17) is 9.47 Å². The molecule has 2 unspecified atom stereocenters. The third-order valence-electron chi connectivity index (χ3n) is 9.99. The Bertz CT molecular complexity index is 1680. The van der Waals surface area contributed by atoms with E-state index in [2.05, 4.69) is 83.4 Å². The van der Waals surface area contributed by atoms with Crippen LogP contribution < -0.4 is 20.1 Å². The zero-order valence-electron chi connectivity index (χ0n) is 29.4. The Morgan fingerprint density at radius 1 is 0.625 bits per heavy atom. The molecule has 1 fully saturated rings. The lowest BCUT2D eigenvalue weighted by molar-refractivity contribution is 0.0701. The predicted octanol–water partition coefficient (Wildman–Crippen LogP) is 9.80. The summed E-state index contributed by atoms with van der Waals surface area (Å²) in [5.74, 6) is 0.993. The maximum Gasteiger partial charge on any atom is 0.412 e. The van der Waals surface area contributed by atoms with Gasteiger partial charge in [-0.1, -0.05) is 133 Å². The Kier molecular flexibility index (Phi) is 10.0. The van der Waals surface area contributed by atoms with Crippen LogP contribution in [0.4, 0.5) is 9.59 Å². The molecule has 0 bridgehead atoms. The van der Waals surface area contributed by atoms with Gasteiger partial charge in [0.2, 0.25) is 0 Å². The molecular formula is C42H50N2O4. The van der Waals surface area contributed by atoms with E-state index in [9.17, 15) is 9.59 Å². The van der Waals surface area contributed by atoms with Gasteiger partial charge in [0.1, 0.15) is 11.5 Å². The first-order valence-corrected chi connectivity index (χ1v) is 16.9. The largest absolute Gasteiger partial charge is 0.412 e. The summed E-state index contributed by atoms with van der Waals surface area (Å²) in [5, 5.41) is 6.09. The smallest absolute Gasteiger partial charge is 0.410 e. The molecule has 2 amide bonds. The minimum atomic E-state index is -0.488. The van der Waals surface area contributed by atoms with Gasteiger partial charge in [-0.3, -0.25) is 0 Å². The molecule has 0 heterocycles. The van der Waals surface area contributed by atoms with Crippen molar-refractivity contribution in [2.75, 3.05) is 6.54 Å². The number of rotatable bonds is 9. The van der Waals surface area contributed by atoms with Crippen LogP contribution in [0.25, 0.3) is 0 Å². The fourth-order valence-electron chi connectivity index (χ4n) is 7.52. The van der Waals surface area contributed by atoms with Crippen LogP contribution in [0.2, 0.25) is 0 Å². The van der Waals surface area contributed by atoms with Crippen LogP contribution in [-0.2, 0) is 10.8 Å². The second kappa shape index (κ2) is 13.9. The van der Waals surface area contributed by atoms with Crippen molar-refractivity contribution in [1.82, 2.24) is 10.6 Å². The third-order valence-corrected chi connectivity index (χ3v) is 9.99. The molecule has 0 aromatic heterocycles. The van der Waals surface area contributed by atoms with Crippen LogP contribution in [0.15, 0.2) is 109 Å². The number of hydrogen-bond donors (Lipinski definition) is 2. The van der Waals surface area contributed by atoms with Gasteiger partial charge < -0.3 is 20.1 Å². The molecule has 1 aliphatic rings. The van der Waals surface area contributed by atoms with E-state index in [0.717, 1.165) is 24.0 Å². The van der Waals surface area contributed by atoms with E-state index in [-0.39, 0.29) is 27.7 Å². The fourth-order valence-corrected chi connectivity index (χ4v) is 7.52. The first-order valence-electron chi connectivity index (χ1n) is 16.9. The van der Waals surface area contributed by atoms with E-state index in [1.165, 1.54) is 11.1 Å². The summed E-state index contributed by atoms with van der Waals surface area (Å²) in [7, 11) is 0. The zero-order chi connectivity index (χ0) is 34.6. The number of carbonyl (C=O) groups is 2. The van der Waals surface area contributed by atoms with E-state index >= 15 is 0 Å². The van der Waals surface area contributed by atoms with Gasteiger partial charge in [0.05, 0.1) is 0 Å². The van der Waals surface area contributed by atoms with Crippen molar-refractivity contribution in [2.45, 2.75) is 84.6 Å². The molecular weight excluding hydrogens is 596 g/mol. The molecule has 2 atom stereocenters. The highest BCUT2D eigenvalue weighted by molar-refractivity contribution is 5.71. The molecule has 4 aromatic rings. The van der Waals surface area contributed by atoms with Crippen molar-refractivity contribution >= 4 is 12.2 Å². The molecule has 1 aliphatic carbocycles. The normalized spacial score (nSPS) is 19.2. The van der Waals surface area contributed by atoms with Crippen molar-refractivity contribution in [1.29, 1.82) is 0 Å². The molecule has 0 saturated heterocycles. The molecule has 1 saturated carbocycles. The summed E-state index contributed by atoms with van der Waals surface area (Å²) in [6.07, 6.45) is 1.46. The SMILES string of the molecule is CC1(C)CC(NC(=O)Oc2ccc(C(C)(C)c3ccccc3)cc2)CC(C)(CNC(=O)Oc2ccc(C(C)(C)c3ccccc3)cc2)C1. The van der Waals surface area contributed by atoms with Gasteiger partial charge in [-0.15, -0.1) is 0 Å². The summed E-state index contributed by atoms with van der Waals surface area (Å²) in [6.45, 7) is 15.7. The van der Waals surface area contributed by atoms with Gasteiger partial charge in [-0.25, -0.2) is 9.59 Å². The van der Waals surface area contributed by atoms with Crippen molar-refractivity contribution < 1.29 is 19.1 Å². The Labute approximate surface area is 286 Å². The molecule has 48 heavy (non-hydrogen) atoms. The molecule has 0 aliphatic heterocycles. The molecule has 5 rings (SSSR count). The Morgan fingerprint density at radius 2 is 1.04 bits per heavy atom. The number of carbonyl (C=O) groups excluding carboxylic acids is 2. The molecule has 0 radical (unpaired) electrons. The van der Waals surface area contributed by atoms with Crippen LogP contribution in [0.5, 0.6) is 11.5 Å². The second-order valence-corrected chi connectivity index (χ2v) is 15.6. The van der Waals surface area contributed by atoms with Crippen LogP contribution in [0, 0.1) is 10.8 Å². The topological polar surface area (TPSA) is 76.7 Å². The monoisotopic (exact) mass is 646 g/mol. The Hall–Kier alpha value is -4.58. The van der Waals surface area contributed by atoms with Gasteiger partial charge >= 0.3 is 12.2 Å². The van der Waals surface area contributed by atoms with E-state index < -0.39 is 12.2 Å². The average Bonchev–Trinajstić information content (AvgIpc) is 3.04. The Morgan fingerprint density at radius 3 is 1.50 bits per heavy atom. The summed E-state index contributed by atoms with van der Waals surface area (Å²) >= 11 is 0. The lowest BCUT2D eigenvalue weighted by atomic mass is 9.62. The molecule has 2 N–H and O–H groups in total. The number of amides is 2. The van der Waals surface area contributed by atoms with Crippen LogP contribution in [0.1, 0.15) is 90.0 Å². The zero-order valence-corrected chi connectivity index (χ0v) is 29.4. The van der Waals surface area contributed by atoms with Crippen molar-refractivity contribution in [3.05, 3.63) is 131 Å². The van der Waals surface area contributed by atoms with E-state index in [1.807, 2.05) is 84.9 Å². The van der Waals surface area contributed by atoms with E-state index in [1.54, 1.807) is 0 Å².